The smallest absolute Gasteiger partial charge is 0.0366 e. The highest BCUT2D eigenvalue weighted by Gasteiger charge is 2.01. The van der Waals surface area contributed by atoms with Gasteiger partial charge in [-0.05, 0) is 41.4 Å². The third-order valence-electron chi connectivity index (χ3n) is 1.45. The van der Waals surface area contributed by atoms with E-state index in [0.717, 1.165) is 15.6 Å². The first-order valence-electron chi connectivity index (χ1n) is 3.80. The Kier molecular flexibility index (Phi) is 4.56. The van der Waals surface area contributed by atoms with Crippen molar-refractivity contribution in [2.75, 3.05) is 0 Å². The highest BCUT2D eigenvalue weighted by atomic mass is 79.9. The number of nitrogens with two attached hydrogens (primary N) is 2. The summed E-state index contributed by atoms with van der Waals surface area (Å²) >= 11 is 3.32. The molecule has 0 bridgehead atoms. The maximum Gasteiger partial charge on any atom is 0.0366 e. The summed E-state index contributed by atoms with van der Waals surface area (Å²) in [5.74, 6) is 0. The maximum atomic E-state index is 5.58. The molecule has 0 aromatic rings. The molecule has 0 rings (SSSR count). The molecule has 0 aromatic carbocycles. The van der Waals surface area contributed by atoms with Gasteiger partial charge < -0.3 is 11.5 Å². The predicted molar refractivity (Wildman–Crippen MR) is 62.0 cm³/mol. The Balaban J connectivity index is 5.08. The van der Waals surface area contributed by atoms with Gasteiger partial charge in [0.2, 0.25) is 0 Å². The molecular weight excluding hydrogens is 228 g/mol. The summed E-state index contributed by atoms with van der Waals surface area (Å²) in [6, 6.07) is 0. The minimum absolute atomic E-state index is 0.491. The second-order valence-electron chi connectivity index (χ2n) is 2.89. The summed E-state index contributed by atoms with van der Waals surface area (Å²) in [4.78, 5) is 0. The molecule has 0 unspecified atom stereocenters. The molecule has 0 aliphatic carbocycles. The molecule has 0 fully saturated rings. The minimum atomic E-state index is 0.491. The molecular formula is C10H15BrN2. The van der Waals surface area contributed by atoms with E-state index < -0.39 is 0 Å². The highest BCUT2D eigenvalue weighted by Crippen LogP contribution is 2.19. The molecule has 0 aliphatic heterocycles. The molecule has 4 N–H and O–H groups in total. The van der Waals surface area contributed by atoms with Crippen LogP contribution in [0.15, 0.2) is 46.3 Å². The molecule has 0 radical (unpaired) electrons. The molecule has 3 heteroatoms. The molecule has 0 spiro atoms. The Morgan fingerprint density at radius 2 is 1.69 bits per heavy atom. The van der Waals surface area contributed by atoms with Gasteiger partial charge in [0.05, 0.1) is 0 Å². The van der Waals surface area contributed by atoms with Crippen molar-refractivity contribution in [3.63, 3.8) is 0 Å². The summed E-state index contributed by atoms with van der Waals surface area (Å²) in [7, 11) is 0. The quantitative estimate of drug-likeness (QED) is 0.748. The van der Waals surface area contributed by atoms with Crippen LogP contribution in [0.1, 0.15) is 13.8 Å². The van der Waals surface area contributed by atoms with Gasteiger partial charge in [0.15, 0.2) is 0 Å². The zero-order valence-electron chi connectivity index (χ0n) is 8.02. The average molecular weight is 243 g/mol. The zero-order chi connectivity index (χ0) is 10.6. The molecule has 0 aliphatic rings. The van der Waals surface area contributed by atoms with E-state index >= 15 is 0 Å². The van der Waals surface area contributed by atoms with Crippen molar-refractivity contribution in [2.45, 2.75) is 13.8 Å². The lowest BCUT2D eigenvalue weighted by Gasteiger charge is -2.06. The fourth-order valence-corrected chi connectivity index (χ4v) is 0.959. The number of halogens is 1. The van der Waals surface area contributed by atoms with Crippen molar-refractivity contribution in [2.24, 2.45) is 11.5 Å². The van der Waals surface area contributed by atoms with Gasteiger partial charge in [0.1, 0.15) is 0 Å². The Bertz CT molecular complexity index is 278. The van der Waals surface area contributed by atoms with Gasteiger partial charge in [0.25, 0.3) is 0 Å². The predicted octanol–water partition coefficient (Wildman–Crippen LogP) is 2.55. The standard InChI is InChI=1S/C10H15BrN2/c1-6(2)9(7(3)12)5-10(11)8(4)13/h5H,1,3,12-13H2,2,4H3/b9-5-,10-8+. The van der Waals surface area contributed by atoms with Crippen molar-refractivity contribution in [1.29, 1.82) is 0 Å². The highest BCUT2D eigenvalue weighted by molar-refractivity contribution is 9.11. The lowest BCUT2D eigenvalue weighted by Crippen LogP contribution is -2.01. The number of allylic oxidation sites excluding steroid dienone is 4. The third-order valence-corrected chi connectivity index (χ3v) is 2.31. The van der Waals surface area contributed by atoms with Crippen LogP contribution in [0, 0.1) is 0 Å². The van der Waals surface area contributed by atoms with Crippen LogP contribution >= 0.6 is 15.9 Å². The first-order chi connectivity index (χ1) is 5.86. The molecule has 0 aromatic heterocycles. The summed E-state index contributed by atoms with van der Waals surface area (Å²) in [5, 5.41) is 0. The average Bonchev–Trinajstić information content (AvgIpc) is 1.97. The maximum absolute atomic E-state index is 5.58. The number of hydrogen-bond donors (Lipinski definition) is 2. The van der Waals surface area contributed by atoms with Crippen molar-refractivity contribution < 1.29 is 0 Å². The van der Waals surface area contributed by atoms with Crippen LogP contribution in [0.4, 0.5) is 0 Å². The Morgan fingerprint density at radius 1 is 1.23 bits per heavy atom. The van der Waals surface area contributed by atoms with Gasteiger partial charge in [-0.2, -0.15) is 0 Å². The van der Waals surface area contributed by atoms with Gasteiger partial charge in [-0.3, -0.25) is 0 Å². The first kappa shape index (κ1) is 12.0. The largest absolute Gasteiger partial charge is 0.401 e. The van der Waals surface area contributed by atoms with Crippen molar-refractivity contribution >= 4 is 15.9 Å². The lowest BCUT2D eigenvalue weighted by atomic mass is 10.1. The van der Waals surface area contributed by atoms with Gasteiger partial charge in [-0.1, -0.05) is 13.2 Å². The van der Waals surface area contributed by atoms with E-state index in [1.165, 1.54) is 0 Å². The van der Waals surface area contributed by atoms with Gasteiger partial charge in [-0.15, -0.1) is 0 Å². The van der Waals surface area contributed by atoms with E-state index in [1.807, 2.05) is 13.0 Å². The Hall–Kier alpha value is -0.960. The zero-order valence-corrected chi connectivity index (χ0v) is 9.61. The van der Waals surface area contributed by atoms with Crippen LogP contribution in [-0.2, 0) is 0 Å². The fraction of sp³-hybridized carbons (Fsp3) is 0.200. The Morgan fingerprint density at radius 3 is 1.92 bits per heavy atom. The molecule has 0 saturated carbocycles. The monoisotopic (exact) mass is 242 g/mol. The molecule has 0 atom stereocenters. The van der Waals surface area contributed by atoms with E-state index in [4.69, 9.17) is 11.5 Å². The van der Waals surface area contributed by atoms with E-state index in [-0.39, 0.29) is 0 Å². The van der Waals surface area contributed by atoms with Gasteiger partial charge >= 0.3 is 0 Å². The van der Waals surface area contributed by atoms with Crippen molar-refractivity contribution in [3.05, 3.63) is 46.3 Å². The van der Waals surface area contributed by atoms with Gasteiger partial charge in [-0.25, -0.2) is 0 Å². The summed E-state index contributed by atoms with van der Waals surface area (Å²) < 4.78 is 0.803. The van der Waals surface area contributed by atoms with Crippen LogP contribution in [-0.4, -0.2) is 0 Å². The molecule has 13 heavy (non-hydrogen) atoms. The third kappa shape index (κ3) is 3.99. The summed E-state index contributed by atoms with van der Waals surface area (Å²) in [5.41, 5.74) is 14.0. The van der Waals surface area contributed by atoms with Crippen molar-refractivity contribution in [1.82, 2.24) is 0 Å². The number of hydrogen-bond acceptors (Lipinski definition) is 2. The minimum Gasteiger partial charge on any atom is -0.401 e. The van der Waals surface area contributed by atoms with E-state index in [2.05, 4.69) is 29.1 Å². The fourth-order valence-electron chi connectivity index (χ4n) is 0.731. The van der Waals surface area contributed by atoms with E-state index in [9.17, 15) is 0 Å². The Labute approximate surface area is 87.8 Å². The first-order valence-corrected chi connectivity index (χ1v) is 4.59. The SMILES string of the molecule is C=C(C)/C(=C/C(Br)=C(/C)N)C(=C)N. The normalized spacial score (nSPS) is 13.6. The van der Waals surface area contributed by atoms with Crippen LogP contribution in [0.2, 0.25) is 0 Å². The van der Waals surface area contributed by atoms with Crippen molar-refractivity contribution in [3.8, 4) is 0 Å². The second kappa shape index (κ2) is 4.92. The topological polar surface area (TPSA) is 52.0 Å². The lowest BCUT2D eigenvalue weighted by molar-refractivity contribution is 1.27. The molecule has 0 amide bonds. The molecule has 0 heterocycles. The molecule has 72 valence electrons. The number of rotatable bonds is 3. The van der Waals surface area contributed by atoms with Crippen LogP contribution in [0.3, 0.4) is 0 Å². The second-order valence-corrected chi connectivity index (χ2v) is 3.75. The molecule has 2 nitrogen and oxygen atoms in total. The summed E-state index contributed by atoms with van der Waals surface area (Å²) in [6.45, 7) is 11.1. The van der Waals surface area contributed by atoms with E-state index in [1.54, 1.807) is 6.92 Å². The van der Waals surface area contributed by atoms with Crippen LogP contribution < -0.4 is 11.5 Å². The van der Waals surface area contributed by atoms with Gasteiger partial charge in [0, 0.05) is 21.4 Å². The van der Waals surface area contributed by atoms with Crippen LogP contribution in [0.5, 0.6) is 0 Å². The van der Waals surface area contributed by atoms with Crippen LogP contribution in [0.25, 0.3) is 0 Å². The molecule has 0 saturated heterocycles. The summed E-state index contributed by atoms with van der Waals surface area (Å²) in [6.07, 6.45) is 1.82. The van der Waals surface area contributed by atoms with E-state index in [0.29, 0.717) is 11.4 Å².